The summed E-state index contributed by atoms with van der Waals surface area (Å²) in [6, 6.07) is 7.75. The van der Waals surface area contributed by atoms with Crippen LogP contribution in [0.3, 0.4) is 0 Å². The molecular weight excluding hydrogens is 406 g/mol. The molecule has 166 valence electrons. The van der Waals surface area contributed by atoms with Gasteiger partial charge in [-0.05, 0) is 62.5 Å². The first-order chi connectivity index (χ1) is 15.7. The van der Waals surface area contributed by atoms with E-state index >= 15 is 0 Å². The second-order valence-electron chi connectivity index (χ2n) is 8.38. The van der Waals surface area contributed by atoms with Gasteiger partial charge in [-0.25, -0.2) is 0 Å². The van der Waals surface area contributed by atoms with E-state index in [0.717, 1.165) is 54.7 Å². The number of anilines is 2. The van der Waals surface area contributed by atoms with Crippen LogP contribution in [-0.2, 0) is 6.42 Å². The number of benzene rings is 1. The monoisotopic (exact) mass is 433 g/mol. The van der Waals surface area contributed by atoms with Gasteiger partial charge in [-0.15, -0.1) is 0 Å². The molecule has 1 amide bonds. The zero-order chi connectivity index (χ0) is 21.9. The number of oxime groups is 1. The lowest BCUT2D eigenvalue weighted by Gasteiger charge is -2.26. The highest BCUT2D eigenvalue weighted by Gasteiger charge is 2.23. The average Bonchev–Trinajstić information content (AvgIpc) is 3.41. The molecule has 3 N–H and O–H groups in total. The van der Waals surface area contributed by atoms with Crippen molar-refractivity contribution < 1.29 is 14.4 Å². The van der Waals surface area contributed by atoms with E-state index in [0.29, 0.717) is 23.5 Å². The highest BCUT2D eigenvalue weighted by molar-refractivity contribution is 6.07. The molecular formula is C24H27N5O3. The Morgan fingerprint density at radius 1 is 1.19 bits per heavy atom. The van der Waals surface area contributed by atoms with Crippen LogP contribution in [-0.4, -0.2) is 52.9 Å². The molecule has 2 aromatic heterocycles. The second-order valence-corrected chi connectivity index (χ2v) is 8.38. The molecule has 0 radical (unpaired) electrons. The third-order valence-electron chi connectivity index (χ3n) is 6.30. The summed E-state index contributed by atoms with van der Waals surface area (Å²) in [5.74, 6) is 0.0151. The van der Waals surface area contributed by atoms with Gasteiger partial charge in [0.15, 0.2) is 5.58 Å². The summed E-state index contributed by atoms with van der Waals surface area (Å²) in [5.41, 5.74) is 4.84. The van der Waals surface area contributed by atoms with E-state index in [9.17, 15) is 4.79 Å². The van der Waals surface area contributed by atoms with Crippen molar-refractivity contribution in [1.82, 2.24) is 15.2 Å². The van der Waals surface area contributed by atoms with Crippen molar-refractivity contribution in [3.63, 3.8) is 0 Å². The molecule has 1 aromatic carbocycles. The van der Waals surface area contributed by atoms with Gasteiger partial charge in [0.2, 0.25) is 5.76 Å². The van der Waals surface area contributed by atoms with Crippen molar-refractivity contribution >= 4 is 34.0 Å². The fourth-order valence-electron chi connectivity index (χ4n) is 4.62. The van der Waals surface area contributed by atoms with Gasteiger partial charge in [0.05, 0.1) is 17.6 Å². The Kier molecular flexibility index (Phi) is 5.77. The number of hydrogen-bond acceptors (Lipinski definition) is 7. The number of likely N-dealkylation sites (tertiary alicyclic amines) is 1. The highest BCUT2D eigenvalue weighted by Crippen LogP contribution is 2.34. The lowest BCUT2D eigenvalue weighted by molar-refractivity contribution is 0.0922. The van der Waals surface area contributed by atoms with E-state index in [4.69, 9.17) is 9.62 Å². The second kappa shape index (κ2) is 9.00. The number of carbonyl (C=O) groups excluding carboxylic acids is 1. The standard InChI is InChI=1S/C24H27N5O3/c30-24(26-10-13-29-11-2-1-3-12-29)23-22(19-8-9-25-15-21(19)32-23)27-17-5-6-18-16(14-17)4-7-20(18)28-31/h5-6,8-9,14-15,27,31H,1-4,7,10-13H2,(H,26,30)/b28-20+. The summed E-state index contributed by atoms with van der Waals surface area (Å²) >= 11 is 0. The molecule has 3 aromatic rings. The van der Waals surface area contributed by atoms with Crippen molar-refractivity contribution in [2.75, 3.05) is 31.5 Å². The normalized spacial score (nSPS) is 17.6. The maximum atomic E-state index is 13.0. The number of aryl methyl sites for hydroxylation is 1. The first-order valence-electron chi connectivity index (χ1n) is 11.2. The third-order valence-corrected chi connectivity index (χ3v) is 6.30. The average molecular weight is 434 g/mol. The number of amides is 1. The van der Waals surface area contributed by atoms with Gasteiger partial charge in [-0.2, -0.15) is 0 Å². The Morgan fingerprint density at radius 3 is 2.91 bits per heavy atom. The number of carbonyl (C=O) groups is 1. The molecule has 5 rings (SSSR count). The molecule has 0 bridgehead atoms. The molecule has 0 atom stereocenters. The molecule has 1 saturated heterocycles. The first kappa shape index (κ1) is 20.5. The zero-order valence-corrected chi connectivity index (χ0v) is 17.9. The van der Waals surface area contributed by atoms with Crippen molar-refractivity contribution in [2.24, 2.45) is 5.16 Å². The van der Waals surface area contributed by atoms with Crippen LogP contribution in [0.15, 0.2) is 46.2 Å². The number of hydrogen-bond donors (Lipinski definition) is 3. The Labute approximate surface area is 186 Å². The molecule has 8 nitrogen and oxygen atoms in total. The highest BCUT2D eigenvalue weighted by atomic mass is 16.4. The van der Waals surface area contributed by atoms with E-state index in [1.54, 1.807) is 12.4 Å². The van der Waals surface area contributed by atoms with Gasteiger partial charge < -0.3 is 25.2 Å². The minimum atomic E-state index is -0.239. The summed E-state index contributed by atoms with van der Waals surface area (Å²) in [6.07, 6.45) is 8.60. The van der Waals surface area contributed by atoms with E-state index in [1.165, 1.54) is 19.3 Å². The molecule has 1 aliphatic carbocycles. The lowest BCUT2D eigenvalue weighted by Crippen LogP contribution is -2.37. The first-order valence-corrected chi connectivity index (χ1v) is 11.2. The van der Waals surface area contributed by atoms with Crippen molar-refractivity contribution in [3.05, 3.63) is 53.5 Å². The van der Waals surface area contributed by atoms with Gasteiger partial charge >= 0.3 is 0 Å². The number of nitrogens with one attached hydrogen (secondary N) is 2. The Hall–Kier alpha value is -3.39. The number of piperidine rings is 1. The summed E-state index contributed by atoms with van der Waals surface area (Å²) in [4.78, 5) is 19.5. The van der Waals surface area contributed by atoms with Crippen molar-refractivity contribution in [3.8, 4) is 0 Å². The van der Waals surface area contributed by atoms with Crippen LogP contribution in [0.25, 0.3) is 11.0 Å². The lowest BCUT2D eigenvalue weighted by atomic mass is 10.1. The number of pyridine rings is 1. The van der Waals surface area contributed by atoms with Crippen LogP contribution < -0.4 is 10.6 Å². The molecule has 1 fully saturated rings. The Balaban J connectivity index is 1.36. The molecule has 32 heavy (non-hydrogen) atoms. The third kappa shape index (κ3) is 4.05. The number of fused-ring (bicyclic) bond motifs is 2. The minimum absolute atomic E-state index is 0.239. The maximum Gasteiger partial charge on any atom is 0.289 e. The minimum Gasteiger partial charge on any atom is -0.447 e. The summed E-state index contributed by atoms with van der Waals surface area (Å²) in [5, 5.41) is 19.8. The van der Waals surface area contributed by atoms with Crippen LogP contribution in [0, 0.1) is 0 Å². The topological polar surface area (TPSA) is 103 Å². The van der Waals surface area contributed by atoms with E-state index in [2.05, 4.69) is 25.7 Å². The van der Waals surface area contributed by atoms with E-state index in [-0.39, 0.29) is 11.7 Å². The summed E-state index contributed by atoms with van der Waals surface area (Å²) < 4.78 is 5.90. The van der Waals surface area contributed by atoms with Gasteiger partial charge in [0.25, 0.3) is 5.91 Å². The molecule has 0 unspecified atom stereocenters. The zero-order valence-electron chi connectivity index (χ0n) is 17.9. The van der Waals surface area contributed by atoms with Crippen LogP contribution in [0.1, 0.15) is 47.4 Å². The van der Waals surface area contributed by atoms with Gasteiger partial charge in [-0.3, -0.25) is 9.78 Å². The van der Waals surface area contributed by atoms with Gasteiger partial charge in [-0.1, -0.05) is 17.6 Å². The van der Waals surface area contributed by atoms with Crippen molar-refractivity contribution in [1.29, 1.82) is 0 Å². The fourth-order valence-corrected chi connectivity index (χ4v) is 4.62. The molecule has 1 aliphatic heterocycles. The maximum absolute atomic E-state index is 13.0. The van der Waals surface area contributed by atoms with Crippen molar-refractivity contribution in [2.45, 2.75) is 32.1 Å². The fraction of sp³-hybridized carbons (Fsp3) is 0.375. The SMILES string of the molecule is O=C(NCCN1CCCCC1)c1oc2cnccc2c1Nc1ccc2c(c1)CC/C2=N\O. The quantitative estimate of drug-likeness (QED) is 0.402. The van der Waals surface area contributed by atoms with Crippen LogP contribution >= 0.6 is 0 Å². The Morgan fingerprint density at radius 2 is 2.06 bits per heavy atom. The van der Waals surface area contributed by atoms with Crippen LogP contribution in [0.5, 0.6) is 0 Å². The molecule has 3 heterocycles. The molecule has 0 saturated carbocycles. The number of aromatic nitrogens is 1. The molecule has 0 spiro atoms. The largest absolute Gasteiger partial charge is 0.447 e. The predicted octanol–water partition coefficient (Wildman–Crippen LogP) is 3.91. The smallest absolute Gasteiger partial charge is 0.289 e. The number of nitrogens with zero attached hydrogens (tertiary/aromatic N) is 3. The summed E-state index contributed by atoms with van der Waals surface area (Å²) in [6.45, 7) is 3.62. The number of rotatable bonds is 6. The van der Waals surface area contributed by atoms with E-state index < -0.39 is 0 Å². The van der Waals surface area contributed by atoms with Gasteiger partial charge in [0, 0.05) is 35.9 Å². The molecule has 8 heteroatoms. The van der Waals surface area contributed by atoms with E-state index in [1.807, 2.05) is 24.3 Å². The Bertz CT molecular complexity index is 1160. The van der Waals surface area contributed by atoms with Crippen LogP contribution in [0.2, 0.25) is 0 Å². The number of furan rings is 1. The van der Waals surface area contributed by atoms with Crippen LogP contribution in [0.4, 0.5) is 11.4 Å². The molecule has 2 aliphatic rings. The van der Waals surface area contributed by atoms with Gasteiger partial charge in [0.1, 0.15) is 0 Å². The summed E-state index contributed by atoms with van der Waals surface area (Å²) in [7, 11) is 0. The predicted molar refractivity (Wildman–Crippen MR) is 123 cm³/mol.